The number of methoxy groups -OCH3 is 1. The number of nitrogens with two attached hydrogens (primary N) is 1. The molecule has 0 aliphatic rings. The van der Waals surface area contributed by atoms with Gasteiger partial charge in [0, 0.05) is 11.8 Å². The molecular formula is C21H18N4O2. The summed E-state index contributed by atoms with van der Waals surface area (Å²) in [6, 6.07) is 16.9. The van der Waals surface area contributed by atoms with Gasteiger partial charge < -0.3 is 10.5 Å². The highest BCUT2D eigenvalue weighted by molar-refractivity contribution is 5.83. The van der Waals surface area contributed by atoms with Gasteiger partial charge in [0.05, 0.1) is 30.9 Å². The van der Waals surface area contributed by atoms with Crippen molar-refractivity contribution in [3.8, 4) is 16.9 Å². The van der Waals surface area contributed by atoms with Crippen LogP contribution in [0.3, 0.4) is 0 Å². The molecular weight excluding hydrogens is 340 g/mol. The fourth-order valence-electron chi connectivity index (χ4n) is 2.95. The fraction of sp³-hybridized carbons (Fsp3) is 0.0952. The molecule has 0 aliphatic heterocycles. The van der Waals surface area contributed by atoms with E-state index >= 15 is 0 Å². The van der Waals surface area contributed by atoms with Gasteiger partial charge in [-0.15, -0.1) is 0 Å². The van der Waals surface area contributed by atoms with Crippen LogP contribution >= 0.6 is 0 Å². The third kappa shape index (κ3) is 3.37. The first kappa shape index (κ1) is 16.8. The van der Waals surface area contributed by atoms with E-state index in [4.69, 9.17) is 10.5 Å². The summed E-state index contributed by atoms with van der Waals surface area (Å²) < 4.78 is 6.78. The van der Waals surface area contributed by atoms with Crippen LogP contribution in [0.1, 0.15) is 5.56 Å². The molecule has 6 nitrogen and oxygen atoms in total. The summed E-state index contributed by atoms with van der Waals surface area (Å²) in [6.07, 6.45) is 3.28. The Morgan fingerprint density at radius 1 is 1.00 bits per heavy atom. The van der Waals surface area contributed by atoms with Crippen molar-refractivity contribution < 1.29 is 4.74 Å². The maximum Gasteiger partial charge on any atom is 0.261 e. The predicted molar refractivity (Wildman–Crippen MR) is 106 cm³/mol. The van der Waals surface area contributed by atoms with Gasteiger partial charge in [-0.3, -0.25) is 9.36 Å². The normalized spacial score (nSPS) is 10.9. The van der Waals surface area contributed by atoms with Crippen molar-refractivity contribution in [2.45, 2.75) is 6.54 Å². The first-order chi connectivity index (χ1) is 13.1. The van der Waals surface area contributed by atoms with Crippen LogP contribution < -0.4 is 16.0 Å². The van der Waals surface area contributed by atoms with Gasteiger partial charge in [-0.2, -0.15) is 0 Å². The summed E-state index contributed by atoms with van der Waals surface area (Å²) in [6.45, 7) is 0.444. The zero-order chi connectivity index (χ0) is 18.8. The molecule has 134 valence electrons. The number of hydrogen-bond donors (Lipinski definition) is 1. The van der Waals surface area contributed by atoms with Crippen molar-refractivity contribution in [1.29, 1.82) is 0 Å². The second-order valence-electron chi connectivity index (χ2n) is 6.23. The van der Waals surface area contributed by atoms with E-state index in [1.165, 1.54) is 0 Å². The molecule has 0 atom stereocenters. The number of ether oxygens (including phenoxy) is 1. The van der Waals surface area contributed by atoms with E-state index < -0.39 is 0 Å². The van der Waals surface area contributed by atoms with Crippen LogP contribution in [0, 0.1) is 0 Å². The van der Waals surface area contributed by atoms with Crippen LogP contribution in [0.2, 0.25) is 0 Å². The van der Waals surface area contributed by atoms with Gasteiger partial charge in [-0.25, -0.2) is 9.97 Å². The first-order valence-corrected chi connectivity index (χ1v) is 8.48. The van der Waals surface area contributed by atoms with E-state index in [2.05, 4.69) is 9.97 Å². The van der Waals surface area contributed by atoms with E-state index in [-0.39, 0.29) is 5.56 Å². The minimum absolute atomic E-state index is 0.0823. The SMILES string of the molecule is COc1ccc(Cn2cnc3ccc(-c4ccc(N)nc4)cc3c2=O)cc1. The highest BCUT2D eigenvalue weighted by Gasteiger charge is 2.08. The second-order valence-corrected chi connectivity index (χ2v) is 6.23. The zero-order valence-electron chi connectivity index (χ0n) is 14.8. The van der Waals surface area contributed by atoms with Gasteiger partial charge in [0.15, 0.2) is 0 Å². The minimum atomic E-state index is -0.0823. The van der Waals surface area contributed by atoms with Gasteiger partial charge in [0.25, 0.3) is 5.56 Å². The maximum absolute atomic E-state index is 13.0. The largest absolute Gasteiger partial charge is 0.497 e. The number of nitrogens with zero attached hydrogens (tertiary/aromatic N) is 3. The molecule has 0 spiro atoms. The van der Waals surface area contributed by atoms with Crippen LogP contribution in [-0.4, -0.2) is 21.6 Å². The number of pyridine rings is 1. The lowest BCUT2D eigenvalue weighted by molar-refractivity contribution is 0.414. The lowest BCUT2D eigenvalue weighted by atomic mass is 10.1. The Morgan fingerprint density at radius 2 is 1.78 bits per heavy atom. The van der Waals surface area contributed by atoms with Gasteiger partial charge in [0.1, 0.15) is 11.6 Å². The van der Waals surface area contributed by atoms with Crippen LogP contribution in [-0.2, 0) is 6.54 Å². The van der Waals surface area contributed by atoms with Gasteiger partial charge in [0.2, 0.25) is 0 Å². The van der Waals surface area contributed by atoms with Crippen molar-refractivity contribution >= 4 is 16.7 Å². The quantitative estimate of drug-likeness (QED) is 0.606. The van der Waals surface area contributed by atoms with Crippen molar-refractivity contribution in [1.82, 2.24) is 14.5 Å². The van der Waals surface area contributed by atoms with E-state index in [9.17, 15) is 4.79 Å². The van der Waals surface area contributed by atoms with Gasteiger partial charge >= 0.3 is 0 Å². The highest BCUT2D eigenvalue weighted by Crippen LogP contribution is 2.22. The molecule has 4 aromatic rings. The standard InChI is InChI=1S/C21H18N4O2/c1-27-17-6-2-14(3-7-17)12-25-13-24-19-8-4-15(10-18(19)21(25)26)16-5-9-20(22)23-11-16/h2-11,13H,12H2,1H3,(H2,22,23). The summed E-state index contributed by atoms with van der Waals surface area (Å²) >= 11 is 0. The van der Waals surface area contributed by atoms with E-state index in [1.807, 2.05) is 48.5 Å². The molecule has 0 fully saturated rings. The summed E-state index contributed by atoms with van der Waals surface area (Å²) in [5.74, 6) is 1.24. The van der Waals surface area contributed by atoms with E-state index in [0.29, 0.717) is 23.3 Å². The minimum Gasteiger partial charge on any atom is -0.497 e. The number of benzene rings is 2. The summed E-state index contributed by atoms with van der Waals surface area (Å²) in [4.78, 5) is 21.5. The Bertz CT molecular complexity index is 1150. The summed E-state index contributed by atoms with van der Waals surface area (Å²) in [5, 5.41) is 0.570. The molecule has 4 rings (SSSR count). The molecule has 6 heteroatoms. The van der Waals surface area contributed by atoms with Crippen LogP contribution in [0.4, 0.5) is 5.82 Å². The number of fused-ring (bicyclic) bond motifs is 1. The number of hydrogen-bond acceptors (Lipinski definition) is 5. The third-order valence-electron chi connectivity index (χ3n) is 4.46. The number of rotatable bonds is 4. The number of anilines is 1. The monoisotopic (exact) mass is 358 g/mol. The first-order valence-electron chi connectivity index (χ1n) is 8.48. The van der Waals surface area contributed by atoms with Gasteiger partial charge in [-0.1, -0.05) is 18.2 Å². The molecule has 0 bridgehead atoms. The topological polar surface area (TPSA) is 83.0 Å². The molecule has 0 aliphatic carbocycles. The van der Waals surface area contributed by atoms with E-state index in [0.717, 1.165) is 22.4 Å². The molecule has 2 aromatic heterocycles. The van der Waals surface area contributed by atoms with Crippen LogP contribution in [0.15, 0.2) is 71.9 Å². The van der Waals surface area contributed by atoms with Crippen molar-refractivity contribution in [3.05, 3.63) is 83.0 Å². The van der Waals surface area contributed by atoms with Gasteiger partial charge in [-0.05, 0) is 47.5 Å². The molecule has 0 saturated carbocycles. The maximum atomic E-state index is 13.0. The van der Waals surface area contributed by atoms with Crippen molar-refractivity contribution in [2.24, 2.45) is 0 Å². The smallest absolute Gasteiger partial charge is 0.261 e. The summed E-state index contributed by atoms with van der Waals surface area (Å²) in [7, 11) is 1.63. The molecule has 2 heterocycles. The number of nitrogen functional groups attached to an aromatic ring is 1. The Hall–Kier alpha value is -3.67. The molecule has 0 amide bonds. The lowest BCUT2D eigenvalue weighted by Gasteiger charge is -2.09. The van der Waals surface area contributed by atoms with Crippen molar-refractivity contribution in [2.75, 3.05) is 12.8 Å². The molecule has 2 N–H and O–H groups in total. The van der Waals surface area contributed by atoms with Crippen LogP contribution in [0.5, 0.6) is 5.75 Å². The second kappa shape index (κ2) is 6.92. The average Bonchev–Trinajstić information content (AvgIpc) is 2.71. The fourth-order valence-corrected chi connectivity index (χ4v) is 2.95. The zero-order valence-corrected chi connectivity index (χ0v) is 14.8. The molecule has 27 heavy (non-hydrogen) atoms. The molecule has 2 aromatic carbocycles. The Balaban J connectivity index is 1.73. The molecule has 0 saturated heterocycles. The average molecular weight is 358 g/mol. The van der Waals surface area contributed by atoms with Crippen molar-refractivity contribution in [3.63, 3.8) is 0 Å². The molecule has 0 unspecified atom stereocenters. The van der Waals surface area contributed by atoms with E-state index in [1.54, 1.807) is 30.3 Å². The molecule has 0 radical (unpaired) electrons. The Morgan fingerprint density at radius 3 is 2.48 bits per heavy atom. The highest BCUT2D eigenvalue weighted by atomic mass is 16.5. The third-order valence-corrected chi connectivity index (χ3v) is 4.46. The number of aromatic nitrogens is 3. The predicted octanol–water partition coefficient (Wildman–Crippen LogP) is 3.10. The van der Waals surface area contributed by atoms with Crippen LogP contribution in [0.25, 0.3) is 22.0 Å². The Kier molecular flexibility index (Phi) is 4.30. The Labute approximate surface area is 155 Å². The summed E-state index contributed by atoms with van der Waals surface area (Å²) in [5.41, 5.74) is 9.03. The lowest BCUT2D eigenvalue weighted by Crippen LogP contribution is -2.21.